The maximum Gasteiger partial charge on any atom is 0.162 e. The minimum atomic E-state index is -0.548. The van der Waals surface area contributed by atoms with Crippen molar-refractivity contribution in [1.82, 2.24) is 0 Å². The summed E-state index contributed by atoms with van der Waals surface area (Å²) in [7, 11) is 3.23. The van der Waals surface area contributed by atoms with Crippen LogP contribution in [0.25, 0.3) is 0 Å². The van der Waals surface area contributed by atoms with Gasteiger partial charge in [0.25, 0.3) is 0 Å². The standard InChI is InChI=1S/C14H21NO3/c1-17-12-6-5-11(9-13(12)18-2)15-10-14(16)7-3-4-8-14/h5-6,9,15-16H,3-4,7-8,10H2,1-2H3. The zero-order valence-electron chi connectivity index (χ0n) is 11.0. The zero-order chi connectivity index (χ0) is 13.0. The molecule has 18 heavy (non-hydrogen) atoms. The van der Waals surface area contributed by atoms with Gasteiger partial charge in [-0.05, 0) is 25.0 Å². The molecular formula is C14H21NO3. The normalized spacial score (nSPS) is 17.5. The topological polar surface area (TPSA) is 50.7 Å². The third kappa shape index (κ3) is 2.88. The van der Waals surface area contributed by atoms with Crippen LogP contribution in [0.2, 0.25) is 0 Å². The number of hydrogen-bond donors (Lipinski definition) is 2. The molecule has 0 atom stereocenters. The van der Waals surface area contributed by atoms with E-state index >= 15 is 0 Å². The molecule has 1 fully saturated rings. The van der Waals surface area contributed by atoms with Gasteiger partial charge in [-0.1, -0.05) is 12.8 Å². The number of methoxy groups -OCH3 is 2. The lowest BCUT2D eigenvalue weighted by molar-refractivity contribution is 0.0615. The summed E-state index contributed by atoms with van der Waals surface area (Å²) in [5, 5.41) is 13.5. The summed E-state index contributed by atoms with van der Waals surface area (Å²) in [6.45, 7) is 0.586. The van der Waals surface area contributed by atoms with Crippen molar-refractivity contribution in [3.8, 4) is 11.5 Å². The van der Waals surface area contributed by atoms with Crippen LogP contribution >= 0.6 is 0 Å². The van der Waals surface area contributed by atoms with Gasteiger partial charge in [0.05, 0.1) is 19.8 Å². The fraction of sp³-hybridized carbons (Fsp3) is 0.571. The Morgan fingerprint density at radius 2 is 1.83 bits per heavy atom. The number of benzene rings is 1. The highest BCUT2D eigenvalue weighted by molar-refractivity contribution is 5.54. The van der Waals surface area contributed by atoms with Crippen LogP contribution in [-0.2, 0) is 0 Å². The number of aliphatic hydroxyl groups is 1. The number of ether oxygens (including phenoxy) is 2. The summed E-state index contributed by atoms with van der Waals surface area (Å²) in [5.41, 5.74) is 0.389. The summed E-state index contributed by atoms with van der Waals surface area (Å²) in [4.78, 5) is 0. The van der Waals surface area contributed by atoms with Crippen LogP contribution in [0.1, 0.15) is 25.7 Å². The largest absolute Gasteiger partial charge is 0.493 e. The molecule has 1 aromatic rings. The molecule has 4 heteroatoms. The first-order valence-electron chi connectivity index (χ1n) is 6.35. The van der Waals surface area contributed by atoms with E-state index in [1.165, 1.54) is 0 Å². The van der Waals surface area contributed by atoms with Gasteiger partial charge < -0.3 is 19.9 Å². The fourth-order valence-corrected chi connectivity index (χ4v) is 2.42. The van der Waals surface area contributed by atoms with Gasteiger partial charge in [-0.25, -0.2) is 0 Å². The van der Waals surface area contributed by atoms with E-state index in [4.69, 9.17) is 9.47 Å². The van der Waals surface area contributed by atoms with Gasteiger partial charge in [0.2, 0.25) is 0 Å². The first kappa shape index (κ1) is 13.0. The Kier molecular flexibility index (Phi) is 3.97. The van der Waals surface area contributed by atoms with E-state index in [0.717, 1.165) is 31.4 Å². The summed E-state index contributed by atoms with van der Waals surface area (Å²) < 4.78 is 10.4. The van der Waals surface area contributed by atoms with Crippen LogP contribution < -0.4 is 14.8 Å². The van der Waals surface area contributed by atoms with Crippen LogP contribution in [0.3, 0.4) is 0 Å². The zero-order valence-corrected chi connectivity index (χ0v) is 11.0. The molecule has 1 aliphatic carbocycles. The van der Waals surface area contributed by atoms with E-state index in [2.05, 4.69) is 5.32 Å². The Morgan fingerprint density at radius 1 is 1.17 bits per heavy atom. The van der Waals surface area contributed by atoms with Crippen molar-refractivity contribution in [1.29, 1.82) is 0 Å². The van der Waals surface area contributed by atoms with E-state index in [0.29, 0.717) is 18.0 Å². The monoisotopic (exact) mass is 251 g/mol. The molecule has 0 aromatic heterocycles. The Labute approximate surface area is 108 Å². The first-order valence-corrected chi connectivity index (χ1v) is 6.35. The Hall–Kier alpha value is -1.42. The summed E-state index contributed by atoms with van der Waals surface area (Å²) >= 11 is 0. The lowest BCUT2D eigenvalue weighted by atomic mass is 10.0. The molecule has 4 nitrogen and oxygen atoms in total. The highest BCUT2D eigenvalue weighted by Crippen LogP contribution is 2.32. The first-order chi connectivity index (χ1) is 8.67. The molecule has 1 aromatic carbocycles. The van der Waals surface area contributed by atoms with Gasteiger partial charge >= 0.3 is 0 Å². The number of hydrogen-bond acceptors (Lipinski definition) is 4. The second-order valence-electron chi connectivity index (χ2n) is 4.85. The molecule has 0 amide bonds. The van der Waals surface area contributed by atoms with Gasteiger partial charge in [-0.15, -0.1) is 0 Å². The Bertz CT molecular complexity index is 400. The Morgan fingerprint density at radius 3 is 2.44 bits per heavy atom. The molecule has 0 heterocycles. The van der Waals surface area contributed by atoms with Gasteiger partial charge in [0, 0.05) is 18.3 Å². The average molecular weight is 251 g/mol. The number of nitrogens with one attached hydrogen (secondary N) is 1. The van der Waals surface area contributed by atoms with Gasteiger partial charge in [0.1, 0.15) is 0 Å². The van der Waals surface area contributed by atoms with E-state index in [1.54, 1.807) is 14.2 Å². The summed E-state index contributed by atoms with van der Waals surface area (Å²) in [6.07, 6.45) is 3.99. The minimum Gasteiger partial charge on any atom is -0.493 e. The van der Waals surface area contributed by atoms with Crippen molar-refractivity contribution in [2.24, 2.45) is 0 Å². The molecule has 1 saturated carbocycles. The van der Waals surface area contributed by atoms with Crippen LogP contribution in [0.15, 0.2) is 18.2 Å². The summed E-state index contributed by atoms with van der Waals surface area (Å²) in [6, 6.07) is 5.68. The molecule has 100 valence electrons. The van der Waals surface area contributed by atoms with Gasteiger partial charge in [-0.2, -0.15) is 0 Å². The maximum absolute atomic E-state index is 10.3. The van der Waals surface area contributed by atoms with E-state index in [9.17, 15) is 5.11 Å². The van der Waals surface area contributed by atoms with Crippen molar-refractivity contribution >= 4 is 5.69 Å². The molecule has 2 rings (SSSR count). The fourth-order valence-electron chi connectivity index (χ4n) is 2.42. The van der Waals surface area contributed by atoms with Crippen LogP contribution in [-0.4, -0.2) is 31.5 Å². The molecule has 0 unspecified atom stereocenters. The second-order valence-corrected chi connectivity index (χ2v) is 4.85. The Balaban J connectivity index is 2.01. The molecule has 0 bridgehead atoms. The van der Waals surface area contributed by atoms with Crippen LogP contribution in [0.4, 0.5) is 5.69 Å². The molecular weight excluding hydrogens is 230 g/mol. The predicted octanol–water partition coefficient (Wildman–Crippen LogP) is 2.42. The highest BCUT2D eigenvalue weighted by atomic mass is 16.5. The van der Waals surface area contributed by atoms with Crippen LogP contribution in [0.5, 0.6) is 11.5 Å². The number of rotatable bonds is 5. The van der Waals surface area contributed by atoms with Crippen molar-refractivity contribution < 1.29 is 14.6 Å². The molecule has 2 N–H and O–H groups in total. The van der Waals surface area contributed by atoms with E-state index in [-0.39, 0.29) is 0 Å². The average Bonchev–Trinajstić information content (AvgIpc) is 2.83. The van der Waals surface area contributed by atoms with Crippen LogP contribution in [0, 0.1) is 0 Å². The lowest BCUT2D eigenvalue weighted by Crippen LogP contribution is -2.33. The van der Waals surface area contributed by atoms with Crippen molar-refractivity contribution in [2.75, 3.05) is 26.1 Å². The highest BCUT2D eigenvalue weighted by Gasteiger charge is 2.30. The molecule has 1 aliphatic rings. The molecule has 0 spiro atoms. The summed E-state index contributed by atoms with van der Waals surface area (Å²) in [5.74, 6) is 1.41. The molecule has 0 saturated heterocycles. The number of anilines is 1. The van der Waals surface area contributed by atoms with Gasteiger partial charge in [-0.3, -0.25) is 0 Å². The van der Waals surface area contributed by atoms with Crippen molar-refractivity contribution in [3.63, 3.8) is 0 Å². The SMILES string of the molecule is COc1ccc(NCC2(O)CCCC2)cc1OC. The second kappa shape index (κ2) is 5.48. The molecule has 0 aliphatic heterocycles. The lowest BCUT2D eigenvalue weighted by Gasteiger charge is -2.23. The van der Waals surface area contributed by atoms with Gasteiger partial charge in [0.15, 0.2) is 11.5 Å². The maximum atomic E-state index is 10.3. The minimum absolute atomic E-state index is 0.548. The predicted molar refractivity (Wildman–Crippen MR) is 71.5 cm³/mol. The van der Waals surface area contributed by atoms with E-state index < -0.39 is 5.60 Å². The smallest absolute Gasteiger partial charge is 0.162 e. The van der Waals surface area contributed by atoms with Crippen molar-refractivity contribution in [2.45, 2.75) is 31.3 Å². The van der Waals surface area contributed by atoms with Crippen molar-refractivity contribution in [3.05, 3.63) is 18.2 Å². The molecule has 0 radical (unpaired) electrons. The quantitative estimate of drug-likeness (QED) is 0.844. The third-order valence-corrected chi connectivity index (χ3v) is 3.54. The third-order valence-electron chi connectivity index (χ3n) is 3.54. The van der Waals surface area contributed by atoms with E-state index in [1.807, 2.05) is 18.2 Å².